The zero-order chi connectivity index (χ0) is 18.9. The SMILES string of the molecule is Oc1cccc(-c2cc(-c3ccccc3)c3nc(-c4ccccc4)cn3c2)c1. The van der Waals surface area contributed by atoms with E-state index in [1.165, 1.54) is 0 Å². The van der Waals surface area contributed by atoms with Crippen LogP contribution in [0.15, 0.2) is 103 Å². The van der Waals surface area contributed by atoms with Crippen LogP contribution >= 0.6 is 0 Å². The first-order valence-electron chi connectivity index (χ1n) is 9.21. The van der Waals surface area contributed by atoms with E-state index in [0.29, 0.717) is 0 Å². The number of benzene rings is 3. The van der Waals surface area contributed by atoms with Crippen LogP contribution in [0.4, 0.5) is 0 Å². The van der Waals surface area contributed by atoms with Crippen molar-refractivity contribution in [3.63, 3.8) is 0 Å². The van der Waals surface area contributed by atoms with Gasteiger partial charge in [-0.15, -0.1) is 0 Å². The van der Waals surface area contributed by atoms with Crippen molar-refractivity contribution in [1.82, 2.24) is 9.38 Å². The Kier molecular flexibility index (Phi) is 3.91. The Bertz CT molecular complexity index is 1260. The molecule has 0 bridgehead atoms. The number of aromatic nitrogens is 2. The summed E-state index contributed by atoms with van der Waals surface area (Å²) in [6.45, 7) is 0. The molecule has 0 aliphatic carbocycles. The van der Waals surface area contributed by atoms with Gasteiger partial charge in [-0.2, -0.15) is 0 Å². The molecule has 0 unspecified atom stereocenters. The van der Waals surface area contributed by atoms with Gasteiger partial charge in [0.2, 0.25) is 0 Å². The fourth-order valence-electron chi connectivity index (χ4n) is 3.52. The van der Waals surface area contributed by atoms with Crippen LogP contribution in [0.1, 0.15) is 0 Å². The van der Waals surface area contributed by atoms with Crippen LogP contribution in [0, 0.1) is 0 Å². The second-order valence-electron chi connectivity index (χ2n) is 6.78. The van der Waals surface area contributed by atoms with Gasteiger partial charge >= 0.3 is 0 Å². The molecule has 0 saturated heterocycles. The minimum Gasteiger partial charge on any atom is -0.508 e. The average molecular weight is 362 g/mol. The summed E-state index contributed by atoms with van der Waals surface area (Å²) in [7, 11) is 0. The zero-order valence-corrected chi connectivity index (χ0v) is 15.2. The quantitative estimate of drug-likeness (QED) is 0.425. The predicted octanol–water partition coefficient (Wildman–Crippen LogP) is 6.04. The summed E-state index contributed by atoms with van der Waals surface area (Å²) in [5.74, 6) is 0.259. The third kappa shape index (κ3) is 2.93. The lowest BCUT2D eigenvalue weighted by atomic mass is 10.0. The van der Waals surface area contributed by atoms with E-state index in [1.54, 1.807) is 12.1 Å². The predicted molar refractivity (Wildman–Crippen MR) is 113 cm³/mol. The molecule has 0 fully saturated rings. The molecule has 2 aromatic heterocycles. The van der Waals surface area contributed by atoms with Crippen molar-refractivity contribution in [3.05, 3.63) is 103 Å². The van der Waals surface area contributed by atoms with Gasteiger partial charge in [0, 0.05) is 23.5 Å². The third-order valence-corrected chi connectivity index (χ3v) is 4.89. The normalized spacial score (nSPS) is 11.0. The molecule has 2 heterocycles. The number of imidazole rings is 1. The van der Waals surface area contributed by atoms with Crippen LogP contribution in [-0.2, 0) is 0 Å². The molecule has 28 heavy (non-hydrogen) atoms. The first-order chi connectivity index (χ1) is 13.8. The Labute approximate surface area is 163 Å². The molecule has 0 radical (unpaired) electrons. The zero-order valence-electron chi connectivity index (χ0n) is 15.2. The highest BCUT2D eigenvalue weighted by molar-refractivity contribution is 5.84. The summed E-state index contributed by atoms with van der Waals surface area (Å²) < 4.78 is 2.07. The highest BCUT2D eigenvalue weighted by Crippen LogP contribution is 2.32. The van der Waals surface area contributed by atoms with E-state index in [9.17, 15) is 5.11 Å². The molecule has 3 nitrogen and oxygen atoms in total. The van der Waals surface area contributed by atoms with Crippen LogP contribution in [0.5, 0.6) is 5.75 Å². The minimum absolute atomic E-state index is 0.259. The van der Waals surface area contributed by atoms with Crippen LogP contribution in [0.25, 0.3) is 39.2 Å². The number of phenolic OH excluding ortho intramolecular Hbond substituents is 1. The number of fused-ring (bicyclic) bond motifs is 1. The van der Waals surface area contributed by atoms with Crippen molar-refractivity contribution in [3.8, 4) is 39.3 Å². The van der Waals surface area contributed by atoms with Crippen molar-refractivity contribution < 1.29 is 5.11 Å². The van der Waals surface area contributed by atoms with Crippen molar-refractivity contribution in [2.24, 2.45) is 0 Å². The minimum atomic E-state index is 0.259. The number of hydrogen-bond donors (Lipinski definition) is 1. The summed E-state index contributed by atoms with van der Waals surface area (Å²) in [5, 5.41) is 9.91. The first kappa shape index (κ1) is 16.3. The average Bonchev–Trinajstić information content (AvgIpc) is 3.19. The number of aromatic hydroxyl groups is 1. The lowest BCUT2D eigenvalue weighted by molar-refractivity contribution is 0.475. The molecule has 5 aromatic rings. The standard InChI is InChI=1S/C25H18N2O/c28-22-13-7-12-20(14-22)21-15-23(18-8-3-1-4-9-18)25-26-24(17-27(25)16-21)19-10-5-2-6-11-19/h1-17,28H. The summed E-state index contributed by atoms with van der Waals surface area (Å²) in [5.41, 5.74) is 7.10. The lowest BCUT2D eigenvalue weighted by Crippen LogP contribution is -1.91. The fourth-order valence-corrected chi connectivity index (χ4v) is 3.52. The van der Waals surface area contributed by atoms with Gasteiger partial charge in [-0.3, -0.25) is 0 Å². The van der Waals surface area contributed by atoms with Crippen molar-refractivity contribution in [1.29, 1.82) is 0 Å². The second-order valence-corrected chi connectivity index (χ2v) is 6.78. The molecule has 0 spiro atoms. The molecule has 134 valence electrons. The van der Waals surface area contributed by atoms with Crippen LogP contribution in [0.3, 0.4) is 0 Å². The van der Waals surface area contributed by atoms with E-state index in [4.69, 9.17) is 4.98 Å². The van der Waals surface area contributed by atoms with Crippen molar-refractivity contribution in [2.75, 3.05) is 0 Å². The van der Waals surface area contributed by atoms with Crippen LogP contribution in [-0.4, -0.2) is 14.5 Å². The molecule has 0 atom stereocenters. The van der Waals surface area contributed by atoms with Gasteiger partial charge < -0.3 is 9.51 Å². The molecule has 3 heteroatoms. The summed E-state index contributed by atoms with van der Waals surface area (Å²) in [4.78, 5) is 4.93. The smallest absolute Gasteiger partial charge is 0.145 e. The topological polar surface area (TPSA) is 37.5 Å². The van der Waals surface area contributed by atoms with E-state index >= 15 is 0 Å². The van der Waals surface area contributed by atoms with Crippen LogP contribution in [0.2, 0.25) is 0 Å². The molecular weight excluding hydrogens is 344 g/mol. The van der Waals surface area contributed by atoms with E-state index < -0.39 is 0 Å². The van der Waals surface area contributed by atoms with Gasteiger partial charge in [0.1, 0.15) is 11.4 Å². The Morgan fingerprint density at radius 2 is 1.29 bits per heavy atom. The van der Waals surface area contributed by atoms with Gasteiger partial charge in [-0.05, 0) is 34.9 Å². The van der Waals surface area contributed by atoms with Gasteiger partial charge in [-0.25, -0.2) is 4.98 Å². The van der Waals surface area contributed by atoms with E-state index in [2.05, 4.69) is 47.1 Å². The van der Waals surface area contributed by atoms with Gasteiger partial charge in [-0.1, -0.05) is 72.8 Å². The number of hydrogen-bond acceptors (Lipinski definition) is 2. The summed E-state index contributed by atoms with van der Waals surface area (Å²) in [6.07, 6.45) is 4.12. The molecule has 5 rings (SSSR count). The maximum absolute atomic E-state index is 9.91. The number of nitrogens with zero attached hydrogens (tertiary/aromatic N) is 2. The Morgan fingerprint density at radius 1 is 0.607 bits per heavy atom. The number of phenols is 1. The molecule has 3 aromatic carbocycles. The first-order valence-corrected chi connectivity index (χ1v) is 9.21. The van der Waals surface area contributed by atoms with E-state index in [-0.39, 0.29) is 5.75 Å². The Morgan fingerprint density at radius 3 is 2.00 bits per heavy atom. The molecule has 0 saturated carbocycles. The third-order valence-electron chi connectivity index (χ3n) is 4.89. The van der Waals surface area contributed by atoms with E-state index in [1.807, 2.05) is 48.5 Å². The number of pyridine rings is 1. The molecular formula is C25H18N2O. The van der Waals surface area contributed by atoms with E-state index in [0.717, 1.165) is 39.2 Å². The van der Waals surface area contributed by atoms with Gasteiger partial charge in [0.25, 0.3) is 0 Å². The fraction of sp³-hybridized carbons (Fsp3) is 0. The van der Waals surface area contributed by atoms with Crippen LogP contribution < -0.4 is 0 Å². The second kappa shape index (κ2) is 6.71. The number of rotatable bonds is 3. The van der Waals surface area contributed by atoms with Gasteiger partial charge in [0.15, 0.2) is 0 Å². The molecule has 0 amide bonds. The molecule has 1 N–H and O–H groups in total. The monoisotopic (exact) mass is 362 g/mol. The van der Waals surface area contributed by atoms with Crippen molar-refractivity contribution >= 4 is 5.65 Å². The Hall–Kier alpha value is -3.85. The maximum atomic E-state index is 9.91. The Balaban J connectivity index is 1.77. The lowest BCUT2D eigenvalue weighted by Gasteiger charge is -2.09. The van der Waals surface area contributed by atoms with Crippen molar-refractivity contribution in [2.45, 2.75) is 0 Å². The van der Waals surface area contributed by atoms with Gasteiger partial charge in [0.05, 0.1) is 5.69 Å². The highest BCUT2D eigenvalue weighted by atomic mass is 16.3. The molecule has 0 aliphatic heterocycles. The molecule has 0 aliphatic rings. The summed E-state index contributed by atoms with van der Waals surface area (Å²) >= 11 is 0. The largest absolute Gasteiger partial charge is 0.508 e. The highest BCUT2D eigenvalue weighted by Gasteiger charge is 2.12. The maximum Gasteiger partial charge on any atom is 0.145 e. The summed E-state index contributed by atoms with van der Waals surface area (Å²) in [6, 6.07) is 29.9.